The minimum absolute atomic E-state index is 0.456. The minimum atomic E-state index is -2.54. The van der Waals surface area contributed by atoms with Crippen molar-refractivity contribution in [3.05, 3.63) is 42.1 Å². The maximum atomic E-state index is 12.6. The first kappa shape index (κ1) is 10.9. The molecule has 0 aliphatic rings. The average molecular weight is 223 g/mol. The summed E-state index contributed by atoms with van der Waals surface area (Å²) in [5.74, 6) is 5.10. The third kappa shape index (κ3) is 2.00. The Bertz CT molecular complexity index is 487. The highest BCUT2D eigenvalue weighted by Gasteiger charge is 2.20. The van der Waals surface area contributed by atoms with Crippen molar-refractivity contribution >= 4 is 10.9 Å². The van der Waals surface area contributed by atoms with Crippen LogP contribution in [0.2, 0.25) is 0 Å². The topological polar surface area (TPSA) is 50.9 Å². The van der Waals surface area contributed by atoms with Gasteiger partial charge < -0.3 is 0 Å². The lowest BCUT2D eigenvalue weighted by atomic mass is 10.1. The van der Waals surface area contributed by atoms with E-state index in [1.54, 1.807) is 30.5 Å². The molecule has 1 aromatic heterocycles. The summed E-state index contributed by atoms with van der Waals surface area (Å²) in [6, 6.07) is 7.41. The molecule has 3 nitrogen and oxygen atoms in total. The lowest BCUT2D eigenvalue weighted by Gasteiger charge is -2.15. The zero-order valence-corrected chi connectivity index (χ0v) is 8.40. The highest BCUT2D eigenvalue weighted by Crippen LogP contribution is 2.23. The van der Waals surface area contributed by atoms with Crippen LogP contribution < -0.4 is 11.3 Å². The van der Waals surface area contributed by atoms with Gasteiger partial charge in [-0.3, -0.25) is 10.8 Å². The number of alkyl halides is 2. The lowest BCUT2D eigenvalue weighted by molar-refractivity contribution is 0.0987. The molecule has 0 radical (unpaired) electrons. The molecule has 1 unspecified atom stereocenters. The van der Waals surface area contributed by atoms with Crippen LogP contribution in [0.3, 0.4) is 0 Å². The Morgan fingerprint density at radius 2 is 2.06 bits per heavy atom. The van der Waals surface area contributed by atoms with Crippen LogP contribution in [0.5, 0.6) is 0 Å². The highest BCUT2D eigenvalue weighted by molar-refractivity contribution is 5.79. The van der Waals surface area contributed by atoms with Crippen LogP contribution in [-0.2, 0) is 0 Å². The minimum Gasteiger partial charge on any atom is -0.271 e. The zero-order chi connectivity index (χ0) is 11.5. The Hall–Kier alpha value is -1.59. The van der Waals surface area contributed by atoms with Crippen molar-refractivity contribution in [2.75, 3.05) is 0 Å². The summed E-state index contributed by atoms with van der Waals surface area (Å²) < 4.78 is 25.3. The van der Waals surface area contributed by atoms with Gasteiger partial charge in [-0.05, 0) is 23.8 Å². The summed E-state index contributed by atoms with van der Waals surface area (Å²) >= 11 is 0. The predicted octanol–water partition coefficient (Wildman–Crippen LogP) is 2.00. The molecule has 3 N–H and O–H groups in total. The Kier molecular flexibility index (Phi) is 3.07. The highest BCUT2D eigenvalue weighted by atomic mass is 19.3. The number of rotatable bonds is 3. The van der Waals surface area contributed by atoms with E-state index in [9.17, 15) is 8.78 Å². The SMILES string of the molecule is NNC(c1ccc2ncccc2c1)C(F)F. The number of nitrogens with two attached hydrogens (primary N) is 1. The third-order valence-corrected chi connectivity index (χ3v) is 2.42. The van der Waals surface area contributed by atoms with Gasteiger partial charge in [0, 0.05) is 11.6 Å². The fourth-order valence-electron chi connectivity index (χ4n) is 1.60. The smallest absolute Gasteiger partial charge is 0.259 e. The van der Waals surface area contributed by atoms with Crippen LogP contribution in [0.15, 0.2) is 36.5 Å². The van der Waals surface area contributed by atoms with Crippen molar-refractivity contribution < 1.29 is 8.78 Å². The number of halogens is 2. The third-order valence-electron chi connectivity index (χ3n) is 2.42. The number of benzene rings is 1. The first-order valence-electron chi connectivity index (χ1n) is 4.81. The number of pyridine rings is 1. The largest absolute Gasteiger partial charge is 0.271 e. The number of hydrazine groups is 1. The molecule has 0 spiro atoms. The van der Waals surface area contributed by atoms with Crippen LogP contribution in [0.1, 0.15) is 11.6 Å². The fourth-order valence-corrected chi connectivity index (χ4v) is 1.60. The number of hydrogen-bond acceptors (Lipinski definition) is 3. The van der Waals surface area contributed by atoms with Gasteiger partial charge in [0.1, 0.15) is 6.04 Å². The van der Waals surface area contributed by atoms with E-state index in [0.29, 0.717) is 5.56 Å². The van der Waals surface area contributed by atoms with E-state index in [1.165, 1.54) is 0 Å². The number of aromatic nitrogens is 1. The molecule has 0 fully saturated rings. The second kappa shape index (κ2) is 4.51. The standard InChI is InChI=1S/C11H11F2N3/c12-11(13)10(16-14)8-3-4-9-7(6-8)2-1-5-15-9/h1-6,10-11,16H,14H2. The summed E-state index contributed by atoms with van der Waals surface area (Å²) in [7, 11) is 0. The van der Waals surface area contributed by atoms with Gasteiger partial charge in [0.05, 0.1) is 5.52 Å². The molecule has 0 aliphatic carbocycles. The van der Waals surface area contributed by atoms with Crippen LogP contribution in [0.25, 0.3) is 10.9 Å². The van der Waals surface area contributed by atoms with Gasteiger partial charge in [-0.1, -0.05) is 12.1 Å². The number of hydrogen-bond donors (Lipinski definition) is 2. The lowest BCUT2D eigenvalue weighted by Crippen LogP contribution is -2.32. The van der Waals surface area contributed by atoms with Crippen LogP contribution in [-0.4, -0.2) is 11.4 Å². The molecule has 0 amide bonds. The predicted molar refractivity (Wildman–Crippen MR) is 57.8 cm³/mol. The molecule has 5 heteroatoms. The first-order chi connectivity index (χ1) is 7.72. The van der Waals surface area contributed by atoms with Crippen molar-refractivity contribution in [2.45, 2.75) is 12.5 Å². The van der Waals surface area contributed by atoms with Crippen molar-refractivity contribution in [2.24, 2.45) is 5.84 Å². The number of nitrogens with one attached hydrogen (secondary N) is 1. The quantitative estimate of drug-likeness (QED) is 0.618. The molecule has 1 heterocycles. The second-order valence-corrected chi connectivity index (χ2v) is 3.43. The van der Waals surface area contributed by atoms with E-state index in [4.69, 9.17) is 5.84 Å². The van der Waals surface area contributed by atoms with Gasteiger partial charge in [0.2, 0.25) is 0 Å². The molecule has 0 saturated carbocycles. The molecule has 0 bridgehead atoms. The Labute approximate surface area is 91.3 Å². The van der Waals surface area contributed by atoms with Crippen molar-refractivity contribution in [1.82, 2.24) is 10.4 Å². The van der Waals surface area contributed by atoms with Crippen molar-refractivity contribution in [1.29, 1.82) is 0 Å². The summed E-state index contributed by atoms with van der Waals surface area (Å²) in [5, 5.41) is 0.820. The molecular formula is C11H11F2N3. The molecule has 84 valence electrons. The van der Waals surface area contributed by atoms with E-state index < -0.39 is 12.5 Å². The Morgan fingerprint density at radius 3 is 2.75 bits per heavy atom. The first-order valence-corrected chi connectivity index (χ1v) is 4.81. The van der Waals surface area contributed by atoms with Gasteiger partial charge in [-0.25, -0.2) is 14.2 Å². The Balaban J connectivity index is 2.45. The summed E-state index contributed by atoms with van der Waals surface area (Å²) in [5.41, 5.74) is 3.34. The number of fused-ring (bicyclic) bond motifs is 1. The van der Waals surface area contributed by atoms with E-state index in [-0.39, 0.29) is 0 Å². The molecule has 16 heavy (non-hydrogen) atoms. The molecule has 1 aromatic carbocycles. The average Bonchev–Trinajstić information content (AvgIpc) is 2.29. The molecule has 1 atom stereocenters. The van der Waals surface area contributed by atoms with Gasteiger partial charge in [0.15, 0.2) is 0 Å². The molecule has 0 aliphatic heterocycles. The van der Waals surface area contributed by atoms with Gasteiger partial charge in [-0.15, -0.1) is 0 Å². The molecular weight excluding hydrogens is 212 g/mol. The van der Waals surface area contributed by atoms with Gasteiger partial charge >= 0.3 is 0 Å². The van der Waals surface area contributed by atoms with Crippen LogP contribution in [0, 0.1) is 0 Å². The normalized spacial score (nSPS) is 13.2. The van der Waals surface area contributed by atoms with Crippen molar-refractivity contribution in [3.63, 3.8) is 0 Å². The molecule has 2 rings (SSSR count). The number of nitrogens with zero attached hydrogens (tertiary/aromatic N) is 1. The zero-order valence-electron chi connectivity index (χ0n) is 8.40. The second-order valence-electron chi connectivity index (χ2n) is 3.43. The summed E-state index contributed by atoms with van der Waals surface area (Å²) in [6.45, 7) is 0. The molecule has 0 saturated heterocycles. The van der Waals surface area contributed by atoms with Crippen LogP contribution >= 0.6 is 0 Å². The molecule has 2 aromatic rings. The summed E-state index contributed by atoms with van der Waals surface area (Å²) in [6.07, 6.45) is -0.882. The maximum absolute atomic E-state index is 12.6. The fraction of sp³-hybridized carbons (Fsp3) is 0.182. The van der Waals surface area contributed by atoms with Crippen LogP contribution in [0.4, 0.5) is 8.78 Å². The van der Waals surface area contributed by atoms with E-state index in [1.807, 2.05) is 6.07 Å². The van der Waals surface area contributed by atoms with Gasteiger partial charge in [0.25, 0.3) is 6.43 Å². The van der Waals surface area contributed by atoms with E-state index >= 15 is 0 Å². The van der Waals surface area contributed by atoms with Gasteiger partial charge in [-0.2, -0.15) is 0 Å². The Morgan fingerprint density at radius 1 is 1.25 bits per heavy atom. The maximum Gasteiger partial charge on any atom is 0.259 e. The van der Waals surface area contributed by atoms with Crippen molar-refractivity contribution in [3.8, 4) is 0 Å². The van der Waals surface area contributed by atoms with E-state index in [2.05, 4.69) is 10.4 Å². The van der Waals surface area contributed by atoms with E-state index in [0.717, 1.165) is 10.9 Å². The monoisotopic (exact) mass is 223 g/mol. The summed E-state index contributed by atoms with van der Waals surface area (Å²) in [4.78, 5) is 4.11.